The topological polar surface area (TPSA) is 107 Å². The van der Waals surface area contributed by atoms with Crippen molar-refractivity contribution in [1.82, 2.24) is 19.9 Å². The van der Waals surface area contributed by atoms with Crippen molar-refractivity contribution in [2.24, 2.45) is 0 Å². The number of nitrogens with two attached hydrogens (primary N) is 1. The molecule has 0 bridgehead atoms. The Morgan fingerprint density at radius 3 is 2.96 bits per heavy atom. The molecule has 4 heterocycles. The molecule has 0 fully saturated rings. The molecule has 1 amide bonds. The van der Waals surface area contributed by atoms with Crippen molar-refractivity contribution in [2.45, 2.75) is 19.7 Å². The van der Waals surface area contributed by atoms with E-state index in [0.717, 1.165) is 16.8 Å². The van der Waals surface area contributed by atoms with E-state index in [1.807, 2.05) is 12.1 Å². The van der Waals surface area contributed by atoms with Gasteiger partial charge in [-0.25, -0.2) is 9.97 Å². The number of nitrogen functional groups attached to an aromatic ring is 1. The lowest BCUT2D eigenvalue weighted by molar-refractivity contribution is 0.0710. The van der Waals surface area contributed by atoms with Gasteiger partial charge >= 0.3 is 0 Å². The fourth-order valence-corrected chi connectivity index (χ4v) is 3.03. The van der Waals surface area contributed by atoms with E-state index in [4.69, 9.17) is 14.9 Å². The summed E-state index contributed by atoms with van der Waals surface area (Å²) in [5.74, 6) is 0.847. The second-order valence-electron chi connectivity index (χ2n) is 5.96. The van der Waals surface area contributed by atoms with Gasteiger partial charge in [0.2, 0.25) is 5.95 Å². The Bertz CT molecular complexity index is 955. The number of aromatic nitrogens is 3. The maximum Gasteiger partial charge on any atom is 0.290 e. The van der Waals surface area contributed by atoms with Gasteiger partial charge in [0, 0.05) is 30.6 Å². The molecule has 4 rings (SSSR count). The van der Waals surface area contributed by atoms with Crippen LogP contribution in [0.3, 0.4) is 0 Å². The molecule has 0 unspecified atom stereocenters. The van der Waals surface area contributed by atoms with E-state index >= 15 is 0 Å². The molecule has 3 aromatic rings. The Kier molecular flexibility index (Phi) is 4.10. The van der Waals surface area contributed by atoms with E-state index in [1.54, 1.807) is 36.5 Å². The van der Waals surface area contributed by atoms with Gasteiger partial charge in [0.05, 0.1) is 24.5 Å². The van der Waals surface area contributed by atoms with Gasteiger partial charge in [-0.15, -0.1) is 0 Å². The number of hydrogen-bond acceptors (Lipinski definition) is 7. The number of furan rings is 1. The van der Waals surface area contributed by atoms with Crippen molar-refractivity contribution >= 4 is 11.9 Å². The average molecular weight is 351 g/mol. The van der Waals surface area contributed by atoms with Crippen LogP contribution in [0.15, 0.2) is 41.1 Å². The highest BCUT2D eigenvalue weighted by Gasteiger charge is 2.30. The molecular formula is C18H17N5O3. The van der Waals surface area contributed by atoms with E-state index in [1.165, 1.54) is 0 Å². The summed E-state index contributed by atoms with van der Waals surface area (Å²) in [5, 5.41) is 0. The predicted molar refractivity (Wildman–Crippen MR) is 92.7 cm³/mol. The number of rotatable bonds is 4. The Morgan fingerprint density at radius 2 is 2.19 bits per heavy atom. The fourth-order valence-electron chi connectivity index (χ4n) is 3.03. The van der Waals surface area contributed by atoms with Crippen LogP contribution in [0.25, 0.3) is 11.3 Å². The van der Waals surface area contributed by atoms with Crippen molar-refractivity contribution in [3.8, 4) is 11.3 Å². The first-order valence-corrected chi connectivity index (χ1v) is 8.08. The first-order chi connectivity index (χ1) is 12.7. The third-order valence-corrected chi connectivity index (χ3v) is 4.18. The van der Waals surface area contributed by atoms with Gasteiger partial charge in [-0.3, -0.25) is 9.78 Å². The van der Waals surface area contributed by atoms with Crippen molar-refractivity contribution in [3.05, 3.63) is 59.4 Å². The highest BCUT2D eigenvalue weighted by molar-refractivity contribution is 5.92. The highest BCUT2D eigenvalue weighted by atomic mass is 16.5. The van der Waals surface area contributed by atoms with Crippen LogP contribution in [0.4, 0.5) is 5.95 Å². The zero-order valence-corrected chi connectivity index (χ0v) is 14.2. The van der Waals surface area contributed by atoms with Crippen LogP contribution in [0.1, 0.15) is 27.6 Å². The summed E-state index contributed by atoms with van der Waals surface area (Å²) in [7, 11) is 1.57. The Morgan fingerprint density at radius 1 is 1.31 bits per heavy atom. The number of methoxy groups -OCH3 is 1. The quantitative estimate of drug-likeness (QED) is 0.766. The largest absolute Gasteiger partial charge is 0.453 e. The van der Waals surface area contributed by atoms with Crippen LogP contribution in [-0.2, 0) is 24.4 Å². The number of nitrogens with zero attached hydrogens (tertiary/aromatic N) is 4. The summed E-state index contributed by atoms with van der Waals surface area (Å²) in [4.78, 5) is 27.2. The van der Waals surface area contributed by atoms with E-state index in [2.05, 4.69) is 15.0 Å². The number of carbonyl (C=O) groups excluding carboxylic acids is 1. The number of pyridine rings is 1. The zero-order chi connectivity index (χ0) is 18.1. The van der Waals surface area contributed by atoms with E-state index in [9.17, 15) is 4.79 Å². The third-order valence-electron chi connectivity index (χ3n) is 4.18. The number of carbonyl (C=O) groups is 1. The maximum absolute atomic E-state index is 12.8. The molecule has 0 saturated carbocycles. The SMILES string of the molecule is COCc1ccc(C(=O)N2Cc3nc(N)nc(-c4cccnc4)c3C2)o1. The van der Waals surface area contributed by atoms with Gasteiger partial charge in [-0.2, -0.15) is 0 Å². The Labute approximate surface area is 149 Å². The van der Waals surface area contributed by atoms with Crippen LogP contribution in [0.2, 0.25) is 0 Å². The van der Waals surface area contributed by atoms with Gasteiger partial charge in [0.15, 0.2) is 5.76 Å². The van der Waals surface area contributed by atoms with Gasteiger partial charge in [-0.05, 0) is 24.3 Å². The summed E-state index contributed by atoms with van der Waals surface area (Å²) >= 11 is 0. The number of hydrogen-bond donors (Lipinski definition) is 1. The summed E-state index contributed by atoms with van der Waals surface area (Å²) in [6.07, 6.45) is 3.41. The van der Waals surface area contributed by atoms with Crippen LogP contribution >= 0.6 is 0 Å². The van der Waals surface area contributed by atoms with Crippen LogP contribution in [0, 0.1) is 0 Å². The normalized spacial score (nSPS) is 13.0. The minimum absolute atomic E-state index is 0.178. The second kappa shape index (κ2) is 6.57. The molecule has 0 radical (unpaired) electrons. The van der Waals surface area contributed by atoms with Crippen LogP contribution in [0.5, 0.6) is 0 Å². The summed E-state index contributed by atoms with van der Waals surface area (Å²) in [6, 6.07) is 7.13. The summed E-state index contributed by atoms with van der Waals surface area (Å²) in [5.41, 5.74) is 9.03. The smallest absolute Gasteiger partial charge is 0.290 e. The molecule has 0 aromatic carbocycles. The molecule has 3 aromatic heterocycles. The van der Waals surface area contributed by atoms with Crippen molar-refractivity contribution in [1.29, 1.82) is 0 Å². The van der Waals surface area contributed by atoms with Crippen LogP contribution < -0.4 is 5.73 Å². The van der Waals surface area contributed by atoms with Crippen molar-refractivity contribution in [2.75, 3.05) is 12.8 Å². The molecule has 2 N–H and O–H groups in total. The highest BCUT2D eigenvalue weighted by Crippen LogP contribution is 2.31. The standard InChI is InChI=1S/C18H17N5O3/c1-25-10-12-4-5-15(26-12)17(24)23-8-13-14(9-23)21-18(19)22-16(13)11-3-2-6-20-7-11/h2-7H,8-10H2,1H3,(H2,19,21,22). The van der Waals surface area contributed by atoms with Crippen molar-refractivity contribution in [3.63, 3.8) is 0 Å². The van der Waals surface area contributed by atoms with E-state index in [0.29, 0.717) is 31.2 Å². The molecule has 1 aliphatic heterocycles. The van der Waals surface area contributed by atoms with E-state index < -0.39 is 0 Å². The Hall–Kier alpha value is -3.26. The first kappa shape index (κ1) is 16.2. The van der Waals surface area contributed by atoms with Gasteiger partial charge in [0.1, 0.15) is 12.4 Å². The summed E-state index contributed by atoms with van der Waals surface area (Å²) < 4.78 is 10.6. The molecule has 1 aliphatic rings. The lowest BCUT2D eigenvalue weighted by Gasteiger charge is -2.13. The van der Waals surface area contributed by atoms with Gasteiger partial charge in [0.25, 0.3) is 5.91 Å². The van der Waals surface area contributed by atoms with Crippen molar-refractivity contribution < 1.29 is 13.9 Å². The maximum atomic E-state index is 12.8. The second-order valence-corrected chi connectivity index (χ2v) is 5.96. The number of amides is 1. The molecule has 0 aliphatic carbocycles. The lowest BCUT2D eigenvalue weighted by atomic mass is 10.1. The minimum atomic E-state index is -0.207. The molecular weight excluding hydrogens is 334 g/mol. The predicted octanol–water partition coefficient (Wildman–Crippen LogP) is 2.02. The minimum Gasteiger partial charge on any atom is -0.453 e. The number of fused-ring (bicyclic) bond motifs is 1. The zero-order valence-electron chi connectivity index (χ0n) is 14.2. The number of ether oxygens (including phenoxy) is 1. The Balaban J connectivity index is 1.63. The molecule has 26 heavy (non-hydrogen) atoms. The van der Waals surface area contributed by atoms with E-state index in [-0.39, 0.29) is 17.6 Å². The molecule has 0 saturated heterocycles. The molecule has 0 atom stereocenters. The van der Waals surface area contributed by atoms with Gasteiger partial charge in [-0.1, -0.05) is 0 Å². The monoisotopic (exact) mass is 351 g/mol. The molecule has 0 spiro atoms. The van der Waals surface area contributed by atoms with Gasteiger partial charge < -0.3 is 19.8 Å². The molecule has 8 heteroatoms. The molecule has 8 nitrogen and oxygen atoms in total. The fraction of sp³-hybridized carbons (Fsp3) is 0.222. The lowest BCUT2D eigenvalue weighted by Crippen LogP contribution is -2.25. The third kappa shape index (κ3) is 2.91. The first-order valence-electron chi connectivity index (χ1n) is 8.08. The average Bonchev–Trinajstić information content (AvgIpc) is 3.28. The van der Waals surface area contributed by atoms with Crippen LogP contribution in [-0.4, -0.2) is 32.9 Å². The molecule has 132 valence electrons. The number of anilines is 1. The summed E-state index contributed by atoms with van der Waals surface area (Å²) in [6.45, 7) is 1.06.